The molecule has 12 heteroatoms. The highest BCUT2D eigenvalue weighted by atomic mass is 31.2. The molecule has 52 heavy (non-hydrogen) atoms. The Morgan fingerprint density at radius 3 is 1.65 bits per heavy atom. The molecule has 4 N–H and O–H groups in total. The molecule has 0 aliphatic heterocycles. The SMILES string of the molecule is CCC/C=C\C/C=C\CCCCCCCC(=O)NC(COP(=O)(O)OCC(O)COC(=O)CCCCCCC/C=C\CCCCCCCC)C(=O)O. The molecule has 0 aromatic carbocycles. The average molecular weight is 758 g/mol. The van der Waals surface area contributed by atoms with Gasteiger partial charge in [-0.05, 0) is 64.2 Å². The first-order valence-corrected chi connectivity index (χ1v) is 21.5. The van der Waals surface area contributed by atoms with Gasteiger partial charge in [-0.15, -0.1) is 0 Å². The van der Waals surface area contributed by atoms with E-state index in [0.717, 1.165) is 89.9 Å². The second-order valence-corrected chi connectivity index (χ2v) is 14.9. The minimum atomic E-state index is -4.76. The van der Waals surface area contributed by atoms with Crippen molar-refractivity contribution in [3.05, 3.63) is 36.5 Å². The maximum Gasteiger partial charge on any atom is 0.472 e. The summed E-state index contributed by atoms with van der Waals surface area (Å²) in [5.74, 6) is -2.40. The van der Waals surface area contributed by atoms with Gasteiger partial charge in [-0.2, -0.15) is 0 Å². The molecule has 0 saturated heterocycles. The van der Waals surface area contributed by atoms with E-state index in [1.807, 2.05) is 0 Å². The zero-order valence-corrected chi connectivity index (χ0v) is 33.3. The van der Waals surface area contributed by atoms with Crippen LogP contribution in [0.1, 0.15) is 168 Å². The summed E-state index contributed by atoms with van der Waals surface area (Å²) < 4.78 is 26.7. The number of aliphatic hydroxyl groups excluding tert-OH is 1. The van der Waals surface area contributed by atoms with Gasteiger partial charge in [0.2, 0.25) is 5.91 Å². The lowest BCUT2D eigenvalue weighted by Gasteiger charge is -2.18. The predicted octanol–water partition coefficient (Wildman–Crippen LogP) is 9.66. The predicted molar refractivity (Wildman–Crippen MR) is 208 cm³/mol. The molecule has 302 valence electrons. The van der Waals surface area contributed by atoms with Crippen molar-refractivity contribution in [3.8, 4) is 0 Å². The molecule has 0 aliphatic rings. The molecule has 0 aromatic rings. The number of nitrogens with one attached hydrogen (secondary N) is 1. The highest BCUT2D eigenvalue weighted by Crippen LogP contribution is 2.43. The lowest BCUT2D eigenvalue weighted by Crippen LogP contribution is -2.43. The van der Waals surface area contributed by atoms with Crippen LogP contribution in [-0.4, -0.2) is 64.9 Å². The van der Waals surface area contributed by atoms with E-state index in [4.69, 9.17) is 13.8 Å². The Morgan fingerprint density at radius 1 is 0.615 bits per heavy atom. The minimum Gasteiger partial charge on any atom is -0.480 e. The van der Waals surface area contributed by atoms with Gasteiger partial charge in [0, 0.05) is 12.8 Å². The number of carbonyl (C=O) groups is 3. The number of unbranched alkanes of at least 4 members (excludes halogenated alkanes) is 17. The minimum absolute atomic E-state index is 0.128. The maximum absolute atomic E-state index is 12.2. The summed E-state index contributed by atoms with van der Waals surface area (Å²) >= 11 is 0. The number of hydrogen-bond donors (Lipinski definition) is 4. The van der Waals surface area contributed by atoms with Crippen molar-refractivity contribution in [2.45, 2.75) is 180 Å². The fraction of sp³-hybridized carbons (Fsp3) is 0.775. The van der Waals surface area contributed by atoms with E-state index in [1.54, 1.807) is 0 Å². The smallest absolute Gasteiger partial charge is 0.472 e. The largest absolute Gasteiger partial charge is 0.480 e. The molecule has 3 atom stereocenters. The van der Waals surface area contributed by atoms with Gasteiger partial charge in [0.15, 0.2) is 6.04 Å². The topological polar surface area (TPSA) is 169 Å². The number of phosphoric ester groups is 1. The monoisotopic (exact) mass is 757 g/mol. The summed E-state index contributed by atoms with van der Waals surface area (Å²) in [6.45, 7) is 2.48. The molecular weight excluding hydrogens is 685 g/mol. The Hall–Kier alpha value is -2.30. The van der Waals surface area contributed by atoms with Gasteiger partial charge < -0.3 is 25.2 Å². The van der Waals surface area contributed by atoms with Crippen LogP contribution in [0.2, 0.25) is 0 Å². The quantitative estimate of drug-likeness (QED) is 0.0207. The van der Waals surface area contributed by atoms with Gasteiger partial charge in [0.1, 0.15) is 12.7 Å². The Balaban J connectivity index is 3.97. The normalized spacial score (nSPS) is 14.2. The van der Waals surface area contributed by atoms with Crippen LogP contribution in [0.3, 0.4) is 0 Å². The summed E-state index contributed by atoms with van der Waals surface area (Å²) in [5.41, 5.74) is 0. The molecule has 3 unspecified atom stereocenters. The third-order valence-electron chi connectivity index (χ3n) is 8.38. The van der Waals surface area contributed by atoms with Gasteiger partial charge in [-0.25, -0.2) is 9.36 Å². The van der Waals surface area contributed by atoms with Crippen LogP contribution in [0.15, 0.2) is 36.5 Å². The van der Waals surface area contributed by atoms with Crippen LogP contribution in [0, 0.1) is 0 Å². The summed E-state index contributed by atoms with van der Waals surface area (Å²) in [5, 5.41) is 21.7. The first-order valence-electron chi connectivity index (χ1n) is 20.0. The number of carboxylic acid groups (broad SMARTS) is 1. The standard InChI is InChI=1S/C40H72NO10P/c1-3-5-7-9-11-13-15-17-18-20-22-24-26-28-30-32-39(44)49-33-36(42)34-50-52(47,48)51-35-37(40(45)46)41-38(43)31-29-27-25-23-21-19-16-14-12-10-8-6-4-2/h8,10,14,16-18,36-37,42H,3-7,9,11-13,15,19-35H2,1-2H3,(H,41,43)(H,45,46)(H,47,48)/b10-8-,16-14-,18-17-. The molecule has 1 amide bonds. The molecule has 0 radical (unpaired) electrons. The van der Waals surface area contributed by atoms with Crippen molar-refractivity contribution in [1.82, 2.24) is 5.32 Å². The van der Waals surface area contributed by atoms with Gasteiger partial charge in [-0.3, -0.25) is 18.6 Å². The number of amides is 1. The molecule has 0 aromatic heterocycles. The number of esters is 1. The number of aliphatic hydroxyl groups is 1. The molecule has 0 bridgehead atoms. The molecule has 0 spiro atoms. The third kappa shape index (κ3) is 34.8. The van der Waals surface area contributed by atoms with E-state index < -0.39 is 57.6 Å². The van der Waals surface area contributed by atoms with Crippen LogP contribution < -0.4 is 5.32 Å². The lowest BCUT2D eigenvalue weighted by molar-refractivity contribution is -0.147. The van der Waals surface area contributed by atoms with Crippen LogP contribution >= 0.6 is 7.82 Å². The summed E-state index contributed by atoms with van der Waals surface area (Å²) in [6.07, 6.45) is 36.0. The Kier molecular flexibility index (Phi) is 34.1. The van der Waals surface area contributed by atoms with Gasteiger partial charge in [0.05, 0.1) is 13.2 Å². The zero-order valence-electron chi connectivity index (χ0n) is 32.4. The Labute approximate surface area is 314 Å². The number of carbonyl (C=O) groups excluding carboxylic acids is 2. The average Bonchev–Trinajstić information content (AvgIpc) is 3.11. The molecule has 11 nitrogen and oxygen atoms in total. The number of aliphatic carboxylic acids is 1. The number of carboxylic acids is 1. The van der Waals surface area contributed by atoms with E-state index >= 15 is 0 Å². The number of ether oxygens (including phenoxy) is 1. The van der Waals surface area contributed by atoms with Gasteiger partial charge >= 0.3 is 19.8 Å². The fourth-order valence-electron chi connectivity index (χ4n) is 5.23. The number of phosphoric acid groups is 1. The summed E-state index contributed by atoms with van der Waals surface area (Å²) in [4.78, 5) is 45.7. The summed E-state index contributed by atoms with van der Waals surface area (Å²) in [7, 11) is -4.76. The second-order valence-electron chi connectivity index (χ2n) is 13.5. The second kappa shape index (κ2) is 35.7. The highest BCUT2D eigenvalue weighted by Gasteiger charge is 2.28. The van der Waals surface area contributed by atoms with E-state index in [9.17, 15) is 34.1 Å². The highest BCUT2D eigenvalue weighted by molar-refractivity contribution is 7.47. The number of rotatable bonds is 37. The molecule has 0 heterocycles. The molecule has 0 rings (SSSR count). The maximum atomic E-state index is 12.2. The number of hydrogen-bond acceptors (Lipinski definition) is 8. The molecule has 0 aliphatic carbocycles. The first kappa shape index (κ1) is 49.7. The fourth-order valence-corrected chi connectivity index (χ4v) is 6.00. The van der Waals surface area contributed by atoms with E-state index in [2.05, 4.69) is 55.6 Å². The van der Waals surface area contributed by atoms with Crippen molar-refractivity contribution < 1.29 is 47.8 Å². The summed E-state index contributed by atoms with van der Waals surface area (Å²) in [6, 6.07) is -1.55. The Bertz CT molecular complexity index is 1030. The van der Waals surface area contributed by atoms with Gasteiger partial charge in [0.25, 0.3) is 0 Å². The van der Waals surface area contributed by atoms with E-state index in [0.29, 0.717) is 12.8 Å². The van der Waals surface area contributed by atoms with Crippen molar-refractivity contribution in [3.63, 3.8) is 0 Å². The zero-order chi connectivity index (χ0) is 38.5. The van der Waals surface area contributed by atoms with Crippen LogP contribution in [0.4, 0.5) is 0 Å². The molecular formula is C40H72NO10P. The van der Waals surface area contributed by atoms with Gasteiger partial charge in [-0.1, -0.05) is 127 Å². The Morgan fingerprint density at radius 2 is 1.10 bits per heavy atom. The van der Waals surface area contributed by atoms with Crippen molar-refractivity contribution in [2.24, 2.45) is 0 Å². The van der Waals surface area contributed by atoms with Crippen LogP contribution in [0.25, 0.3) is 0 Å². The van der Waals surface area contributed by atoms with Crippen molar-refractivity contribution >= 4 is 25.7 Å². The first-order chi connectivity index (χ1) is 25.1. The van der Waals surface area contributed by atoms with E-state index in [-0.39, 0.29) is 12.8 Å². The van der Waals surface area contributed by atoms with Crippen molar-refractivity contribution in [2.75, 3.05) is 19.8 Å². The number of allylic oxidation sites excluding steroid dienone is 6. The van der Waals surface area contributed by atoms with Crippen LogP contribution in [0.5, 0.6) is 0 Å². The third-order valence-corrected chi connectivity index (χ3v) is 9.33. The van der Waals surface area contributed by atoms with Crippen LogP contribution in [-0.2, 0) is 32.7 Å². The lowest BCUT2D eigenvalue weighted by atomic mass is 10.1. The van der Waals surface area contributed by atoms with Crippen molar-refractivity contribution in [1.29, 1.82) is 0 Å². The van der Waals surface area contributed by atoms with E-state index in [1.165, 1.54) is 38.5 Å². The molecule has 0 saturated carbocycles. The molecule has 0 fully saturated rings.